The first-order valence-corrected chi connectivity index (χ1v) is 9.50. The molecule has 0 radical (unpaired) electrons. The van der Waals surface area contributed by atoms with Crippen molar-refractivity contribution < 1.29 is 27.5 Å². The first-order chi connectivity index (χ1) is 15.2. The Morgan fingerprint density at radius 3 is 2.50 bits per heavy atom. The molecule has 3 aromatic carbocycles. The lowest BCUT2D eigenvalue weighted by atomic mass is 10.0. The van der Waals surface area contributed by atoms with Crippen molar-refractivity contribution in [2.45, 2.75) is 12.8 Å². The van der Waals surface area contributed by atoms with Gasteiger partial charge in [0.2, 0.25) is 0 Å². The Morgan fingerprint density at radius 1 is 0.969 bits per heavy atom. The lowest BCUT2D eigenvalue weighted by Gasteiger charge is -2.11. The second-order valence-electron chi connectivity index (χ2n) is 7.13. The minimum atomic E-state index is -4.74. The number of H-pyrrole nitrogens is 1. The van der Waals surface area contributed by atoms with Gasteiger partial charge in [0.05, 0.1) is 17.9 Å². The summed E-state index contributed by atoms with van der Waals surface area (Å²) >= 11 is 0. The molecule has 0 atom stereocenters. The van der Waals surface area contributed by atoms with Gasteiger partial charge in [-0.3, -0.25) is 0 Å². The Labute approximate surface area is 179 Å². The number of aliphatic hydroxyl groups is 1. The third-order valence-electron chi connectivity index (χ3n) is 4.86. The molecule has 0 aliphatic rings. The standard InChI is InChI=1S/C23H17F4N3O2/c24-17-8-16(23(25,26)27)9-18(10-17)29-22(32)30-21-11-28-20-5-4-15(7-19(20)21)14-3-1-2-13(6-14)12-31/h1-11,28,31H,12H2,(H2,29,30,32). The van der Waals surface area contributed by atoms with Crippen LogP contribution in [-0.2, 0) is 12.8 Å². The predicted molar refractivity (Wildman–Crippen MR) is 114 cm³/mol. The second-order valence-corrected chi connectivity index (χ2v) is 7.13. The molecule has 164 valence electrons. The van der Waals surface area contributed by atoms with Crippen LogP contribution in [0.4, 0.5) is 33.7 Å². The molecule has 0 saturated heterocycles. The molecule has 0 bridgehead atoms. The Balaban J connectivity index is 1.58. The largest absolute Gasteiger partial charge is 0.416 e. The maximum atomic E-state index is 13.6. The summed E-state index contributed by atoms with van der Waals surface area (Å²) in [5, 5.41) is 14.8. The number of carbonyl (C=O) groups is 1. The monoisotopic (exact) mass is 443 g/mol. The zero-order chi connectivity index (χ0) is 22.9. The number of alkyl halides is 3. The summed E-state index contributed by atoms with van der Waals surface area (Å²) in [6.07, 6.45) is -3.19. The van der Waals surface area contributed by atoms with Gasteiger partial charge in [0, 0.05) is 22.8 Å². The highest BCUT2D eigenvalue weighted by molar-refractivity contribution is 6.06. The molecule has 5 nitrogen and oxygen atoms in total. The van der Waals surface area contributed by atoms with E-state index in [1.165, 1.54) is 0 Å². The minimum Gasteiger partial charge on any atom is -0.392 e. The number of aromatic nitrogens is 1. The molecule has 0 spiro atoms. The smallest absolute Gasteiger partial charge is 0.392 e. The number of urea groups is 1. The molecule has 4 N–H and O–H groups in total. The van der Waals surface area contributed by atoms with Gasteiger partial charge in [0.25, 0.3) is 0 Å². The van der Waals surface area contributed by atoms with Crippen molar-refractivity contribution in [2.75, 3.05) is 10.6 Å². The first-order valence-electron chi connectivity index (χ1n) is 9.50. The molecule has 0 unspecified atom stereocenters. The van der Waals surface area contributed by atoms with Gasteiger partial charge in [-0.15, -0.1) is 0 Å². The van der Waals surface area contributed by atoms with Crippen molar-refractivity contribution in [1.82, 2.24) is 4.98 Å². The van der Waals surface area contributed by atoms with Crippen LogP contribution in [0.3, 0.4) is 0 Å². The fraction of sp³-hybridized carbons (Fsp3) is 0.0870. The van der Waals surface area contributed by atoms with Gasteiger partial charge in [-0.05, 0) is 53.1 Å². The van der Waals surface area contributed by atoms with Crippen LogP contribution in [0.25, 0.3) is 22.0 Å². The minimum absolute atomic E-state index is 0.0939. The number of nitrogens with one attached hydrogen (secondary N) is 3. The molecule has 9 heteroatoms. The summed E-state index contributed by atoms with van der Waals surface area (Å²) in [6, 6.07) is 13.9. The van der Waals surface area contributed by atoms with Crippen LogP contribution in [-0.4, -0.2) is 16.1 Å². The average molecular weight is 443 g/mol. The topological polar surface area (TPSA) is 77.2 Å². The van der Waals surface area contributed by atoms with Crippen LogP contribution < -0.4 is 10.6 Å². The molecule has 0 fully saturated rings. The van der Waals surface area contributed by atoms with Crippen LogP contribution in [0.1, 0.15) is 11.1 Å². The third kappa shape index (κ3) is 4.57. The molecular formula is C23H17F4N3O2. The van der Waals surface area contributed by atoms with E-state index in [1.807, 2.05) is 36.4 Å². The van der Waals surface area contributed by atoms with E-state index in [2.05, 4.69) is 15.6 Å². The third-order valence-corrected chi connectivity index (χ3v) is 4.86. The number of benzene rings is 3. The number of rotatable bonds is 4. The number of amides is 2. The van der Waals surface area contributed by atoms with E-state index < -0.39 is 23.6 Å². The molecule has 1 aromatic heterocycles. The van der Waals surface area contributed by atoms with Crippen molar-refractivity contribution in [1.29, 1.82) is 0 Å². The van der Waals surface area contributed by atoms with E-state index in [-0.39, 0.29) is 12.3 Å². The molecule has 4 aromatic rings. The Kier molecular flexibility index (Phi) is 5.58. The van der Waals surface area contributed by atoms with Gasteiger partial charge < -0.3 is 20.7 Å². The van der Waals surface area contributed by atoms with Crippen LogP contribution >= 0.6 is 0 Å². The quantitative estimate of drug-likeness (QED) is 0.287. The van der Waals surface area contributed by atoms with Gasteiger partial charge in [0.15, 0.2) is 0 Å². The molecule has 0 aliphatic carbocycles. The van der Waals surface area contributed by atoms with Crippen molar-refractivity contribution in [3.63, 3.8) is 0 Å². The molecule has 2 amide bonds. The van der Waals surface area contributed by atoms with Gasteiger partial charge in [-0.25, -0.2) is 9.18 Å². The summed E-state index contributed by atoms with van der Waals surface area (Å²) in [4.78, 5) is 15.4. The first kappa shape index (κ1) is 21.4. The van der Waals surface area contributed by atoms with Crippen LogP contribution in [0, 0.1) is 5.82 Å². The van der Waals surface area contributed by atoms with Crippen LogP contribution in [0.2, 0.25) is 0 Å². The second kappa shape index (κ2) is 8.35. The average Bonchev–Trinajstić information content (AvgIpc) is 3.14. The van der Waals surface area contributed by atoms with E-state index in [9.17, 15) is 27.5 Å². The molecule has 1 heterocycles. The number of hydrogen-bond donors (Lipinski definition) is 4. The lowest BCUT2D eigenvalue weighted by Crippen LogP contribution is -2.20. The zero-order valence-corrected chi connectivity index (χ0v) is 16.4. The number of aliphatic hydroxyl groups excluding tert-OH is 1. The lowest BCUT2D eigenvalue weighted by molar-refractivity contribution is -0.137. The highest BCUT2D eigenvalue weighted by Gasteiger charge is 2.31. The van der Waals surface area contributed by atoms with Gasteiger partial charge in [-0.2, -0.15) is 13.2 Å². The van der Waals surface area contributed by atoms with E-state index in [1.54, 1.807) is 12.3 Å². The van der Waals surface area contributed by atoms with Crippen LogP contribution in [0.5, 0.6) is 0 Å². The van der Waals surface area contributed by atoms with E-state index in [4.69, 9.17) is 0 Å². The number of carbonyl (C=O) groups excluding carboxylic acids is 1. The van der Waals surface area contributed by atoms with Crippen LogP contribution in [0.15, 0.2) is 66.9 Å². The highest BCUT2D eigenvalue weighted by Crippen LogP contribution is 2.32. The van der Waals surface area contributed by atoms with Crippen molar-refractivity contribution in [2.24, 2.45) is 0 Å². The summed E-state index contributed by atoms with van der Waals surface area (Å²) in [5.74, 6) is -1.11. The predicted octanol–water partition coefficient (Wildman–Crippen LogP) is 6.13. The van der Waals surface area contributed by atoms with Crippen molar-refractivity contribution >= 4 is 28.3 Å². The van der Waals surface area contributed by atoms with Crippen molar-refractivity contribution in [3.8, 4) is 11.1 Å². The number of anilines is 2. The Hall–Kier alpha value is -3.85. The summed E-state index contributed by atoms with van der Waals surface area (Å²) < 4.78 is 52.2. The van der Waals surface area contributed by atoms with Gasteiger partial charge in [0.1, 0.15) is 5.82 Å². The van der Waals surface area contributed by atoms with Crippen molar-refractivity contribution in [3.05, 3.63) is 83.8 Å². The number of aromatic amines is 1. The Bertz CT molecular complexity index is 1300. The maximum absolute atomic E-state index is 13.6. The van der Waals surface area contributed by atoms with E-state index in [0.717, 1.165) is 28.3 Å². The fourth-order valence-electron chi connectivity index (χ4n) is 3.36. The number of hydrogen-bond acceptors (Lipinski definition) is 2. The number of halogens is 4. The highest BCUT2D eigenvalue weighted by atomic mass is 19.4. The molecular weight excluding hydrogens is 426 g/mol. The number of fused-ring (bicyclic) bond motifs is 1. The Morgan fingerprint density at radius 2 is 1.75 bits per heavy atom. The van der Waals surface area contributed by atoms with Gasteiger partial charge >= 0.3 is 12.2 Å². The van der Waals surface area contributed by atoms with Gasteiger partial charge in [-0.1, -0.05) is 24.3 Å². The molecule has 4 rings (SSSR count). The zero-order valence-electron chi connectivity index (χ0n) is 16.4. The maximum Gasteiger partial charge on any atom is 0.416 e. The SMILES string of the molecule is O=C(Nc1cc(F)cc(C(F)(F)F)c1)Nc1c[nH]c2ccc(-c3cccc(CO)c3)cc12. The normalized spacial score (nSPS) is 11.5. The molecule has 0 aliphatic heterocycles. The van der Waals surface area contributed by atoms with E-state index >= 15 is 0 Å². The summed E-state index contributed by atoms with van der Waals surface area (Å²) in [6.45, 7) is -0.0939. The summed E-state index contributed by atoms with van der Waals surface area (Å²) in [5.41, 5.74) is 2.07. The van der Waals surface area contributed by atoms with E-state index in [0.29, 0.717) is 23.2 Å². The fourth-order valence-corrected chi connectivity index (χ4v) is 3.36. The summed E-state index contributed by atoms with van der Waals surface area (Å²) in [7, 11) is 0. The molecule has 32 heavy (non-hydrogen) atoms. The molecule has 0 saturated carbocycles.